The lowest BCUT2D eigenvalue weighted by Gasteiger charge is -2.27. The molecule has 0 spiro atoms. The molecular weight excluding hydrogens is 422 g/mol. The molecule has 0 bridgehead atoms. The van der Waals surface area contributed by atoms with Crippen LogP contribution in [0, 0.1) is 0 Å². The van der Waals surface area contributed by atoms with Crippen molar-refractivity contribution in [3.05, 3.63) is 77.0 Å². The molecule has 156 valence electrons. The minimum Gasteiger partial charge on any atom is -0.457 e. The summed E-state index contributed by atoms with van der Waals surface area (Å²) in [7, 11) is -3.72. The average Bonchev–Trinajstić information content (AvgIpc) is 3.22. The second-order valence-corrected chi connectivity index (χ2v) is 9.23. The predicted octanol–water partition coefficient (Wildman–Crippen LogP) is 3.85. The first kappa shape index (κ1) is 21.5. The van der Waals surface area contributed by atoms with Crippen LogP contribution in [0.3, 0.4) is 0 Å². The van der Waals surface area contributed by atoms with Crippen molar-refractivity contribution in [1.29, 1.82) is 0 Å². The van der Waals surface area contributed by atoms with Crippen LogP contribution in [-0.2, 0) is 14.8 Å². The highest BCUT2D eigenvalue weighted by atomic mass is 32.2. The van der Waals surface area contributed by atoms with Gasteiger partial charge in [0.1, 0.15) is 17.5 Å². The molecule has 2 aromatic carbocycles. The van der Waals surface area contributed by atoms with Crippen LogP contribution in [0.4, 0.5) is 5.69 Å². The number of nitrogens with zero attached hydrogens (tertiary/aromatic N) is 2. The molecule has 0 radical (unpaired) electrons. The molecule has 0 unspecified atom stereocenters. The van der Waals surface area contributed by atoms with Crippen molar-refractivity contribution in [2.24, 2.45) is 5.10 Å². The number of carbonyl (C=O) groups is 1. The van der Waals surface area contributed by atoms with Crippen LogP contribution in [0.5, 0.6) is 11.5 Å². The maximum atomic E-state index is 12.5. The Hall–Kier alpha value is -3.17. The van der Waals surface area contributed by atoms with E-state index in [0.29, 0.717) is 17.2 Å². The third-order valence-corrected chi connectivity index (χ3v) is 6.12. The summed E-state index contributed by atoms with van der Waals surface area (Å²) in [5, 5.41) is 5.79. The maximum absolute atomic E-state index is 12.5. The van der Waals surface area contributed by atoms with Gasteiger partial charge in [-0.1, -0.05) is 24.3 Å². The summed E-state index contributed by atoms with van der Waals surface area (Å²) in [6, 6.07) is 18.5. The number of benzene rings is 2. The highest BCUT2D eigenvalue weighted by Gasteiger charge is 2.29. The topological polar surface area (TPSA) is 88.1 Å². The Balaban J connectivity index is 1.74. The smallest absolute Gasteiger partial charge is 0.263 e. The molecule has 1 N–H and O–H groups in total. The Labute approximate surface area is 179 Å². The van der Waals surface area contributed by atoms with Crippen LogP contribution in [-0.4, -0.2) is 32.8 Å². The summed E-state index contributed by atoms with van der Waals surface area (Å²) in [4.78, 5) is 13.4. The normalized spacial score (nSPS) is 12.5. The van der Waals surface area contributed by atoms with E-state index in [1.807, 2.05) is 47.8 Å². The Bertz CT molecular complexity index is 1100. The standard InChI is InChI=1S/C21H21N3O4S2/c1-16(21(25)23-22-15-20-9-6-14-29-20)24(30(2,26)27)17-10-12-19(13-11-17)28-18-7-4-3-5-8-18/h3-16H,1-2H3,(H,23,25)/b22-15-/t16-/m0/s1. The number of hydrogen-bond donors (Lipinski definition) is 1. The molecule has 0 aliphatic carbocycles. The Morgan fingerprint density at radius 1 is 1.07 bits per heavy atom. The lowest BCUT2D eigenvalue weighted by molar-refractivity contribution is -0.121. The summed E-state index contributed by atoms with van der Waals surface area (Å²) < 4.78 is 31.6. The van der Waals surface area contributed by atoms with Gasteiger partial charge in [-0.25, -0.2) is 13.8 Å². The molecule has 0 aliphatic rings. The van der Waals surface area contributed by atoms with Crippen molar-refractivity contribution in [1.82, 2.24) is 5.43 Å². The van der Waals surface area contributed by atoms with Gasteiger partial charge in [0.05, 0.1) is 18.2 Å². The molecule has 1 aromatic heterocycles. The van der Waals surface area contributed by atoms with Gasteiger partial charge in [0.15, 0.2) is 0 Å². The number of para-hydroxylation sites is 1. The van der Waals surface area contributed by atoms with Gasteiger partial charge in [0, 0.05) is 4.88 Å². The highest BCUT2D eigenvalue weighted by Crippen LogP contribution is 2.26. The predicted molar refractivity (Wildman–Crippen MR) is 120 cm³/mol. The van der Waals surface area contributed by atoms with Gasteiger partial charge in [-0.15, -0.1) is 11.3 Å². The number of hydrogen-bond acceptors (Lipinski definition) is 6. The molecule has 3 aromatic rings. The molecule has 1 heterocycles. The number of amides is 1. The first-order valence-corrected chi connectivity index (χ1v) is 11.8. The maximum Gasteiger partial charge on any atom is 0.263 e. The minimum atomic E-state index is -3.72. The van der Waals surface area contributed by atoms with Gasteiger partial charge in [-0.05, 0) is 54.8 Å². The van der Waals surface area contributed by atoms with Crippen LogP contribution in [0.1, 0.15) is 11.8 Å². The number of anilines is 1. The summed E-state index contributed by atoms with van der Waals surface area (Å²) in [5.74, 6) is 0.676. The highest BCUT2D eigenvalue weighted by molar-refractivity contribution is 7.92. The molecular formula is C21H21N3O4S2. The van der Waals surface area contributed by atoms with E-state index in [1.54, 1.807) is 24.3 Å². The second kappa shape index (κ2) is 9.55. The minimum absolute atomic E-state index is 0.350. The fraction of sp³-hybridized carbons (Fsp3) is 0.143. The van der Waals surface area contributed by atoms with E-state index < -0.39 is 22.0 Å². The molecule has 0 fully saturated rings. The fourth-order valence-electron chi connectivity index (χ4n) is 2.71. The average molecular weight is 444 g/mol. The molecule has 1 amide bonds. The summed E-state index contributed by atoms with van der Waals surface area (Å²) in [5.41, 5.74) is 2.74. The molecule has 9 heteroatoms. The van der Waals surface area contributed by atoms with Gasteiger partial charge >= 0.3 is 0 Å². The van der Waals surface area contributed by atoms with Crippen LogP contribution in [0.25, 0.3) is 0 Å². The third kappa shape index (κ3) is 5.68. The molecule has 30 heavy (non-hydrogen) atoms. The van der Waals surface area contributed by atoms with E-state index >= 15 is 0 Å². The third-order valence-electron chi connectivity index (χ3n) is 4.07. The summed E-state index contributed by atoms with van der Waals surface area (Å²) >= 11 is 1.47. The van der Waals surface area contributed by atoms with Gasteiger partial charge in [0.2, 0.25) is 10.0 Å². The van der Waals surface area contributed by atoms with Crippen molar-refractivity contribution in [3.8, 4) is 11.5 Å². The first-order chi connectivity index (χ1) is 14.3. The Kier molecular flexibility index (Phi) is 6.86. The van der Waals surface area contributed by atoms with Crippen LogP contribution in [0.15, 0.2) is 77.2 Å². The number of nitrogens with one attached hydrogen (secondary N) is 1. The van der Waals surface area contributed by atoms with Crippen molar-refractivity contribution in [3.63, 3.8) is 0 Å². The zero-order chi connectivity index (χ0) is 21.6. The number of carbonyl (C=O) groups excluding carboxylic acids is 1. The molecule has 7 nitrogen and oxygen atoms in total. The summed E-state index contributed by atoms with van der Waals surface area (Å²) in [6.45, 7) is 1.51. The van der Waals surface area contributed by atoms with Gasteiger partial charge < -0.3 is 4.74 Å². The number of sulfonamides is 1. The lowest BCUT2D eigenvalue weighted by atomic mass is 10.2. The van der Waals surface area contributed by atoms with E-state index in [-0.39, 0.29) is 0 Å². The van der Waals surface area contributed by atoms with Crippen LogP contribution >= 0.6 is 11.3 Å². The fourth-order valence-corrected chi connectivity index (χ4v) is 4.47. The Morgan fingerprint density at radius 2 is 1.73 bits per heavy atom. The molecule has 0 saturated carbocycles. The SMILES string of the molecule is C[C@@H](C(=O)N/N=C\c1cccs1)N(c1ccc(Oc2ccccc2)cc1)S(C)(=O)=O. The molecule has 0 saturated heterocycles. The lowest BCUT2D eigenvalue weighted by Crippen LogP contribution is -2.46. The molecule has 0 aliphatic heterocycles. The first-order valence-electron chi connectivity index (χ1n) is 9.03. The van der Waals surface area contributed by atoms with Crippen molar-refractivity contribution >= 4 is 39.2 Å². The number of rotatable bonds is 8. The number of thiophene rings is 1. The van der Waals surface area contributed by atoms with Crippen molar-refractivity contribution in [2.75, 3.05) is 10.6 Å². The van der Waals surface area contributed by atoms with Gasteiger partial charge in [-0.3, -0.25) is 9.10 Å². The van der Waals surface area contributed by atoms with E-state index in [2.05, 4.69) is 10.5 Å². The van der Waals surface area contributed by atoms with E-state index in [0.717, 1.165) is 15.4 Å². The van der Waals surface area contributed by atoms with E-state index in [9.17, 15) is 13.2 Å². The number of ether oxygens (including phenoxy) is 1. The zero-order valence-corrected chi connectivity index (χ0v) is 18.1. The van der Waals surface area contributed by atoms with Crippen LogP contribution in [0.2, 0.25) is 0 Å². The zero-order valence-electron chi connectivity index (χ0n) is 16.4. The monoisotopic (exact) mass is 443 g/mol. The Morgan fingerprint density at radius 3 is 2.33 bits per heavy atom. The molecule has 1 atom stereocenters. The second-order valence-electron chi connectivity index (χ2n) is 6.39. The summed E-state index contributed by atoms with van der Waals surface area (Å²) in [6.07, 6.45) is 2.57. The quantitative estimate of drug-likeness (QED) is 0.423. The van der Waals surface area contributed by atoms with E-state index in [4.69, 9.17) is 4.74 Å². The van der Waals surface area contributed by atoms with Crippen molar-refractivity contribution < 1.29 is 17.9 Å². The van der Waals surface area contributed by atoms with Crippen LogP contribution < -0.4 is 14.5 Å². The number of hydrazone groups is 1. The molecule has 3 rings (SSSR count). The van der Waals surface area contributed by atoms with E-state index in [1.165, 1.54) is 24.5 Å². The van der Waals surface area contributed by atoms with Gasteiger partial charge in [-0.2, -0.15) is 5.10 Å². The van der Waals surface area contributed by atoms with Crippen molar-refractivity contribution in [2.45, 2.75) is 13.0 Å². The largest absolute Gasteiger partial charge is 0.457 e. The van der Waals surface area contributed by atoms with Gasteiger partial charge in [0.25, 0.3) is 5.91 Å².